The number of H-pyrrole nitrogens is 2. The van der Waals surface area contributed by atoms with Crippen molar-refractivity contribution in [3.05, 3.63) is 42.9 Å². The molecule has 0 saturated heterocycles. The fraction of sp³-hybridized carbons (Fsp3) is 0.118. The first-order valence-corrected chi connectivity index (χ1v) is 7.84. The number of aromatic nitrogens is 8. The van der Waals surface area contributed by atoms with E-state index in [4.69, 9.17) is 4.98 Å². The summed E-state index contributed by atoms with van der Waals surface area (Å²) in [6.45, 7) is 1.92. The highest BCUT2D eigenvalue weighted by atomic mass is 15.2. The van der Waals surface area contributed by atoms with Crippen molar-refractivity contribution in [1.82, 2.24) is 39.7 Å². The van der Waals surface area contributed by atoms with Gasteiger partial charge >= 0.3 is 0 Å². The van der Waals surface area contributed by atoms with Gasteiger partial charge in [-0.15, -0.1) is 0 Å². The van der Waals surface area contributed by atoms with E-state index in [1.807, 2.05) is 38.5 Å². The number of nitrogens with zero attached hydrogens (tertiary/aromatic N) is 6. The Hall–Kier alpha value is -3.55. The van der Waals surface area contributed by atoms with Crippen LogP contribution in [0.15, 0.2) is 37.1 Å². The SMILES string of the molecule is Cc1nc2ccc(-c3c[nH]c4ncnc(-c5cnn(C)c5)c34)nc2[nH]1. The maximum atomic E-state index is 4.71. The summed E-state index contributed by atoms with van der Waals surface area (Å²) in [5.74, 6) is 0.845. The summed E-state index contributed by atoms with van der Waals surface area (Å²) in [7, 11) is 1.88. The second-order valence-corrected chi connectivity index (χ2v) is 5.94. The van der Waals surface area contributed by atoms with E-state index in [2.05, 4.69) is 30.0 Å². The third kappa shape index (κ3) is 2.11. The van der Waals surface area contributed by atoms with Crippen LogP contribution in [0.25, 0.3) is 44.7 Å². The first-order chi connectivity index (χ1) is 12.2. The third-order valence-electron chi connectivity index (χ3n) is 4.19. The highest BCUT2D eigenvalue weighted by Crippen LogP contribution is 2.33. The summed E-state index contributed by atoms with van der Waals surface area (Å²) in [6.07, 6.45) is 7.21. The quantitative estimate of drug-likeness (QED) is 0.518. The standard InChI is InChI=1S/C17H14N8/c1-9-22-13-4-3-12(24-16(13)23-9)11-6-18-17-14(11)15(19-8-20-17)10-5-21-25(2)7-10/h3-8H,1-2H3,(H,18,19,20)(H,22,23,24). The van der Waals surface area contributed by atoms with Gasteiger partial charge in [0, 0.05) is 30.6 Å². The van der Waals surface area contributed by atoms with Crippen molar-refractivity contribution >= 4 is 22.2 Å². The van der Waals surface area contributed by atoms with E-state index in [-0.39, 0.29) is 0 Å². The molecule has 5 aromatic rings. The molecule has 5 aromatic heterocycles. The summed E-state index contributed by atoms with van der Waals surface area (Å²) >= 11 is 0. The molecule has 5 rings (SSSR count). The Morgan fingerprint density at radius 1 is 1.08 bits per heavy atom. The second kappa shape index (κ2) is 4.97. The number of hydrogen-bond donors (Lipinski definition) is 2. The van der Waals surface area contributed by atoms with Crippen LogP contribution >= 0.6 is 0 Å². The summed E-state index contributed by atoms with van der Waals surface area (Å²) in [5, 5.41) is 5.18. The lowest BCUT2D eigenvalue weighted by Crippen LogP contribution is -1.89. The van der Waals surface area contributed by atoms with Gasteiger partial charge in [-0.2, -0.15) is 5.10 Å². The Kier molecular flexibility index (Phi) is 2.75. The number of nitrogens with one attached hydrogen (secondary N) is 2. The van der Waals surface area contributed by atoms with Crippen LogP contribution in [0.2, 0.25) is 0 Å². The van der Waals surface area contributed by atoms with Crippen molar-refractivity contribution in [3.8, 4) is 22.5 Å². The summed E-state index contributed by atoms with van der Waals surface area (Å²) in [4.78, 5) is 24.3. The zero-order valence-electron chi connectivity index (χ0n) is 13.6. The fourth-order valence-electron chi connectivity index (χ4n) is 3.09. The van der Waals surface area contributed by atoms with E-state index in [1.54, 1.807) is 17.2 Å². The minimum absolute atomic E-state index is 0.768. The van der Waals surface area contributed by atoms with Crippen molar-refractivity contribution in [1.29, 1.82) is 0 Å². The lowest BCUT2D eigenvalue weighted by atomic mass is 10.1. The van der Waals surface area contributed by atoms with Gasteiger partial charge in [-0.05, 0) is 19.1 Å². The van der Waals surface area contributed by atoms with E-state index in [1.165, 1.54) is 0 Å². The van der Waals surface area contributed by atoms with Gasteiger partial charge in [0.15, 0.2) is 5.65 Å². The minimum atomic E-state index is 0.768. The van der Waals surface area contributed by atoms with Crippen molar-refractivity contribution in [2.24, 2.45) is 7.05 Å². The largest absolute Gasteiger partial charge is 0.345 e. The van der Waals surface area contributed by atoms with Crippen molar-refractivity contribution in [2.75, 3.05) is 0 Å². The average Bonchev–Trinajstić information content (AvgIpc) is 3.30. The van der Waals surface area contributed by atoms with Crippen LogP contribution in [0.1, 0.15) is 5.82 Å². The minimum Gasteiger partial charge on any atom is -0.345 e. The molecule has 0 radical (unpaired) electrons. The molecule has 0 saturated carbocycles. The number of aryl methyl sites for hydroxylation is 2. The van der Waals surface area contributed by atoms with Crippen molar-refractivity contribution < 1.29 is 0 Å². The maximum absolute atomic E-state index is 4.71. The third-order valence-corrected chi connectivity index (χ3v) is 4.19. The van der Waals surface area contributed by atoms with Gasteiger partial charge in [0.05, 0.1) is 23.0 Å². The molecule has 0 aromatic carbocycles. The molecule has 0 aliphatic carbocycles. The first-order valence-electron chi connectivity index (χ1n) is 7.84. The van der Waals surface area contributed by atoms with E-state index in [0.29, 0.717) is 0 Å². The Morgan fingerprint density at radius 2 is 2.00 bits per heavy atom. The van der Waals surface area contributed by atoms with Gasteiger partial charge in [-0.3, -0.25) is 4.68 Å². The smallest absolute Gasteiger partial charge is 0.158 e. The fourth-order valence-corrected chi connectivity index (χ4v) is 3.09. The first kappa shape index (κ1) is 13.8. The highest BCUT2D eigenvalue weighted by Gasteiger charge is 2.16. The Bertz CT molecular complexity index is 1230. The molecular weight excluding hydrogens is 316 g/mol. The van der Waals surface area contributed by atoms with Crippen LogP contribution in [0.5, 0.6) is 0 Å². The highest BCUT2D eigenvalue weighted by molar-refractivity contribution is 6.02. The zero-order chi connectivity index (χ0) is 17.0. The lowest BCUT2D eigenvalue weighted by molar-refractivity contribution is 0.768. The molecule has 25 heavy (non-hydrogen) atoms. The second-order valence-electron chi connectivity index (χ2n) is 5.94. The predicted molar refractivity (Wildman–Crippen MR) is 93.7 cm³/mol. The molecule has 8 heteroatoms. The molecule has 0 aliphatic heterocycles. The van der Waals surface area contributed by atoms with Gasteiger partial charge in [-0.25, -0.2) is 19.9 Å². The number of fused-ring (bicyclic) bond motifs is 2. The normalized spacial score (nSPS) is 11.6. The summed E-state index contributed by atoms with van der Waals surface area (Å²) < 4.78 is 1.76. The van der Waals surface area contributed by atoms with E-state index in [0.717, 1.165) is 50.5 Å². The van der Waals surface area contributed by atoms with Crippen LogP contribution in [0, 0.1) is 6.92 Å². The van der Waals surface area contributed by atoms with E-state index >= 15 is 0 Å². The molecular formula is C17H14N8. The van der Waals surface area contributed by atoms with Crippen LogP contribution in [-0.2, 0) is 7.05 Å². The maximum Gasteiger partial charge on any atom is 0.158 e. The van der Waals surface area contributed by atoms with Gasteiger partial charge in [-0.1, -0.05) is 0 Å². The average molecular weight is 330 g/mol. The van der Waals surface area contributed by atoms with Crippen LogP contribution < -0.4 is 0 Å². The molecule has 0 spiro atoms. The number of aromatic amines is 2. The van der Waals surface area contributed by atoms with Crippen LogP contribution in [0.3, 0.4) is 0 Å². The Labute approximate surface area is 142 Å². The van der Waals surface area contributed by atoms with Crippen LogP contribution in [0.4, 0.5) is 0 Å². The monoisotopic (exact) mass is 330 g/mol. The lowest BCUT2D eigenvalue weighted by Gasteiger charge is -2.03. The molecule has 0 aliphatic rings. The zero-order valence-corrected chi connectivity index (χ0v) is 13.6. The number of hydrogen-bond acceptors (Lipinski definition) is 5. The predicted octanol–water partition coefficient (Wildman–Crippen LogP) is 2.61. The summed E-state index contributed by atoms with van der Waals surface area (Å²) in [6, 6.07) is 3.93. The summed E-state index contributed by atoms with van der Waals surface area (Å²) in [5.41, 5.74) is 5.94. The molecule has 0 fully saturated rings. The van der Waals surface area contributed by atoms with Crippen LogP contribution in [-0.4, -0.2) is 39.7 Å². The van der Waals surface area contributed by atoms with E-state index in [9.17, 15) is 0 Å². The van der Waals surface area contributed by atoms with Crippen molar-refractivity contribution in [2.45, 2.75) is 6.92 Å². The van der Waals surface area contributed by atoms with Gasteiger partial charge in [0.2, 0.25) is 0 Å². The molecule has 2 N–H and O–H groups in total. The van der Waals surface area contributed by atoms with Gasteiger partial charge < -0.3 is 9.97 Å². The molecule has 0 atom stereocenters. The number of rotatable bonds is 2. The Morgan fingerprint density at radius 3 is 2.84 bits per heavy atom. The van der Waals surface area contributed by atoms with Gasteiger partial charge in [0.1, 0.15) is 23.3 Å². The molecule has 5 heterocycles. The van der Waals surface area contributed by atoms with Crippen molar-refractivity contribution in [3.63, 3.8) is 0 Å². The number of imidazole rings is 1. The molecule has 0 bridgehead atoms. The topological polar surface area (TPSA) is 101 Å². The molecule has 122 valence electrons. The van der Waals surface area contributed by atoms with Gasteiger partial charge in [0.25, 0.3) is 0 Å². The molecule has 0 unspecified atom stereocenters. The number of pyridine rings is 1. The molecule has 0 amide bonds. The Balaban J connectivity index is 1.78. The molecule has 8 nitrogen and oxygen atoms in total. The van der Waals surface area contributed by atoms with E-state index < -0.39 is 0 Å².